The van der Waals surface area contributed by atoms with Crippen LogP contribution in [0, 0.1) is 0 Å². The zero-order valence-corrected chi connectivity index (χ0v) is 13.0. The first-order valence-electron chi connectivity index (χ1n) is 5.80. The second-order valence-corrected chi connectivity index (χ2v) is 4.63. The summed E-state index contributed by atoms with van der Waals surface area (Å²) in [7, 11) is 3.14. The predicted molar refractivity (Wildman–Crippen MR) is 77.5 cm³/mol. The summed E-state index contributed by atoms with van der Waals surface area (Å²) in [6.07, 6.45) is 1.74. The maximum atomic E-state index is 11.6. The van der Waals surface area contributed by atoms with Gasteiger partial charge < -0.3 is 14.2 Å². The molecule has 0 saturated carbocycles. The molecule has 0 heterocycles. The van der Waals surface area contributed by atoms with Gasteiger partial charge in [-0.1, -0.05) is 15.9 Å². The molecule has 0 aliphatic carbocycles. The fourth-order valence-electron chi connectivity index (χ4n) is 1.52. The van der Waals surface area contributed by atoms with Gasteiger partial charge in [-0.3, -0.25) is 0 Å². The summed E-state index contributed by atoms with van der Waals surface area (Å²) in [5, 5.41) is 0. The van der Waals surface area contributed by atoms with E-state index >= 15 is 0 Å². The predicted octanol–water partition coefficient (Wildman–Crippen LogP) is 3.43. The Hall–Kier alpha value is -1.49. The van der Waals surface area contributed by atoms with Crippen molar-refractivity contribution in [1.29, 1.82) is 0 Å². The van der Waals surface area contributed by atoms with Gasteiger partial charge in [-0.15, -0.1) is 0 Å². The molecule has 0 fully saturated rings. The number of carbonyl (C=O) groups excluding carboxylic acids is 1. The van der Waals surface area contributed by atoms with Crippen LogP contribution >= 0.6 is 15.9 Å². The van der Waals surface area contributed by atoms with Crippen LogP contribution in [-0.2, 0) is 9.53 Å². The van der Waals surface area contributed by atoms with Crippen LogP contribution in [0.1, 0.15) is 19.4 Å². The van der Waals surface area contributed by atoms with E-state index in [1.165, 1.54) is 0 Å². The van der Waals surface area contributed by atoms with Crippen LogP contribution in [0.4, 0.5) is 0 Å². The average Bonchev–Trinajstić information content (AvgIpc) is 2.40. The highest BCUT2D eigenvalue weighted by atomic mass is 79.9. The van der Waals surface area contributed by atoms with Crippen LogP contribution in [0.5, 0.6) is 11.5 Å². The molecule has 0 spiro atoms. The normalized spacial score (nSPS) is 11.1. The Morgan fingerprint density at radius 1 is 1.26 bits per heavy atom. The number of hydrogen-bond acceptors (Lipinski definition) is 4. The van der Waals surface area contributed by atoms with Crippen molar-refractivity contribution in [2.45, 2.75) is 13.8 Å². The number of benzene rings is 1. The van der Waals surface area contributed by atoms with Gasteiger partial charge in [0.2, 0.25) is 0 Å². The van der Waals surface area contributed by atoms with E-state index in [2.05, 4.69) is 15.9 Å². The molecule has 0 aliphatic rings. The van der Waals surface area contributed by atoms with E-state index < -0.39 is 0 Å². The van der Waals surface area contributed by atoms with E-state index in [0.717, 1.165) is 10.0 Å². The smallest absolute Gasteiger partial charge is 0.333 e. The summed E-state index contributed by atoms with van der Waals surface area (Å²) in [6.45, 7) is 3.84. The molecule has 0 saturated heterocycles. The topological polar surface area (TPSA) is 44.8 Å². The Kier molecular flexibility index (Phi) is 5.89. The molecule has 0 radical (unpaired) electrons. The molecule has 0 atom stereocenters. The average molecular weight is 329 g/mol. The quantitative estimate of drug-likeness (QED) is 0.613. The number of rotatable bonds is 5. The van der Waals surface area contributed by atoms with Gasteiger partial charge in [0.15, 0.2) is 11.5 Å². The molecule has 104 valence electrons. The number of methoxy groups -OCH3 is 2. The number of hydrogen-bond donors (Lipinski definition) is 0. The monoisotopic (exact) mass is 328 g/mol. The van der Waals surface area contributed by atoms with Crippen molar-refractivity contribution in [2.24, 2.45) is 0 Å². The zero-order valence-electron chi connectivity index (χ0n) is 11.5. The summed E-state index contributed by atoms with van der Waals surface area (Å²) < 4.78 is 16.2. The van der Waals surface area contributed by atoms with E-state index in [0.29, 0.717) is 23.7 Å². The lowest BCUT2D eigenvalue weighted by Gasteiger charge is -2.10. The van der Waals surface area contributed by atoms with Gasteiger partial charge in [-0.05, 0) is 37.6 Å². The van der Waals surface area contributed by atoms with Gasteiger partial charge in [-0.2, -0.15) is 0 Å². The molecule has 5 heteroatoms. The van der Waals surface area contributed by atoms with Crippen molar-refractivity contribution in [3.05, 3.63) is 27.7 Å². The van der Waals surface area contributed by atoms with Crippen LogP contribution < -0.4 is 9.47 Å². The van der Waals surface area contributed by atoms with Crippen molar-refractivity contribution >= 4 is 28.0 Å². The van der Waals surface area contributed by atoms with E-state index in [1.807, 2.05) is 0 Å². The van der Waals surface area contributed by atoms with Crippen molar-refractivity contribution in [3.8, 4) is 11.5 Å². The fraction of sp³-hybridized carbons (Fsp3) is 0.357. The summed E-state index contributed by atoms with van der Waals surface area (Å²) >= 11 is 3.44. The number of ether oxygens (including phenoxy) is 3. The zero-order chi connectivity index (χ0) is 14.4. The third kappa shape index (κ3) is 3.99. The first-order chi connectivity index (χ1) is 9.03. The second-order valence-electron chi connectivity index (χ2n) is 3.78. The van der Waals surface area contributed by atoms with Crippen LogP contribution in [0.3, 0.4) is 0 Å². The van der Waals surface area contributed by atoms with Gasteiger partial charge in [-0.25, -0.2) is 4.79 Å². The Morgan fingerprint density at radius 2 is 1.84 bits per heavy atom. The summed E-state index contributed by atoms with van der Waals surface area (Å²) in [4.78, 5) is 11.6. The van der Waals surface area contributed by atoms with Gasteiger partial charge in [0.1, 0.15) is 0 Å². The molecule has 19 heavy (non-hydrogen) atoms. The van der Waals surface area contributed by atoms with Crippen LogP contribution in [-0.4, -0.2) is 26.8 Å². The number of esters is 1. The SMILES string of the molecule is CCOC(=O)/C(C)=C/c1cc(OC)c(OC)cc1Br. The molecule has 0 N–H and O–H groups in total. The standard InChI is InChI=1S/C14H17BrO4/c1-5-19-14(16)9(2)6-10-7-12(17-3)13(18-4)8-11(10)15/h6-8H,5H2,1-4H3/b9-6+. The van der Waals surface area contributed by atoms with Crippen molar-refractivity contribution in [2.75, 3.05) is 20.8 Å². The third-order valence-electron chi connectivity index (χ3n) is 2.47. The molecule has 0 unspecified atom stereocenters. The fourth-order valence-corrected chi connectivity index (χ4v) is 1.95. The Labute approximate surface area is 121 Å². The molecule has 0 aliphatic heterocycles. The molecule has 1 rings (SSSR count). The maximum absolute atomic E-state index is 11.6. The van der Waals surface area contributed by atoms with Crippen LogP contribution in [0.2, 0.25) is 0 Å². The highest BCUT2D eigenvalue weighted by molar-refractivity contribution is 9.10. The Bertz CT molecular complexity index is 494. The van der Waals surface area contributed by atoms with Crippen LogP contribution in [0.15, 0.2) is 22.2 Å². The first-order valence-corrected chi connectivity index (χ1v) is 6.59. The van der Waals surface area contributed by atoms with Crippen LogP contribution in [0.25, 0.3) is 6.08 Å². The third-order valence-corrected chi connectivity index (χ3v) is 3.16. The first kappa shape index (κ1) is 15.6. The molecule has 1 aromatic rings. The van der Waals surface area contributed by atoms with Gasteiger partial charge in [0.25, 0.3) is 0 Å². The summed E-state index contributed by atoms with van der Waals surface area (Å²) in [6, 6.07) is 3.59. The van der Waals surface area contributed by atoms with Gasteiger partial charge in [0.05, 0.1) is 20.8 Å². The van der Waals surface area contributed by atoms with Crippen molar-refractivity contribution in [3.63, 3.8) is 0 Å². The lowest BCUT2D eigenvalue weighted by Crippen LogP contribution is -2.04. The van der Waals surface area contributed by atoms with Crippen molar-refractivity contribution < 1.29 is 19.0 Å². The highest BCUT2D eigenvalue weighted by Crippen LogP contribution is 2.34. The molecule has 1 aromatic carbocycles. The van der Waals surface area contributed by atoms with E-state index in [9.17, 15) is 4.79 Å². The lowest BCUT2D eigenvalue weighted by molar-refractivity contribution is -0.138. The minimum atomic E-state index is -0.329. The second kappa shape index (κ2) is 7.19. The minimum absolute atomic E-state index is 0.329. The highest BCUT2D eigenvalue weighted by Gasteiger charge is 2.10. The summed E-state index contributed by atoms with van der Waals surface area (Å²) in [5.74, 6) is 0.901. The van der Waals surface area contributed by atoms with Gasteiger partial charge in [0, 0.05) is 10.0 Å². The molecular weight excluding hydrogens is 312 g/mol. The van der Waals surface area contributed by atoms with Gasteiger partial charge >= 0.3 is 5.97 Å². The Morgan fingerprint density at radius 3 is 2.37 bits per heavy atom. The Balaban J connectivity index is 3.14. The number of halogens is 1. The molecular formula is C14H17BrO4. The maximum Gasteiger partial charge on any atom is 0.333 e. The summed E-state index contributed by atoms with van der Waals surface area (Å²) in [5.41, 5.74) is 1.35. The van der Waals surface area contributed by atoms with E-state index in [4.69, 9.17) is 14.2 Å². The lowest BCUT2D eigenvalue weighted by atomic mass is 10.1. The van der Waals surface area contributed by atoms with E-state index in [1.54, 1.807) is 46.3 Å². The molecule has 0 amide bonds. The number of carbonyl (C=O) groups is 1. The van der Waals surface area contributed by atoms with E-state index in [-0.39, 0.29) is 5.97 Å². The minimum Gasteiger partial charge on any atom is -0.493 e. The van der Waals surface area contributed by atoms with Crippen molar-refractivity contribution in [1.82, 2.24) is 0 Å². The molecule has 4 nitrogen and oxygen atoms in total. The molecule has 0 aromatic heterocycles. The molecule has 0 bridgehead atoms. The largest absolute Gasteiger partial charge is 0.493 e.